The lowest BCUT2D eigenvalue weighted by Crippen LogP contribution is -2.42. The van der Waals surface area contributed by atoms with E-state index in [0.717, 1.165) is 6.42 Å². The van der Waals surface area contributed by atoms with Crippen LogP contribution in [0.1, 0.15) is 61.6 Å². The molecular formula is C19H29N3O5. The molecule has 8 heteroatoms. The van der Waals surface area contributed by atoms with Crippen molar-refractivity contribution >= 4 is 17.8 Å². The van der Waals surface area contributed by atoms with Crippen LogP contribution in [0.25, 0.3) is 0 Å². The molecular weight excluding hydrogens is 350 g/mol. The molecule has 0 aromatic carbocycles. The Hall–Kier alpha value is -2.64. The van der Waals surface area contributed by atoms with Gasteiger partial charge in [-0.15, -0.1) is 0 Å². The number of nitrogens with zero attached hydrogens (tertiary/aromatic N) is 1. The van der Waals surface area contributed by atoms with Gasteiger partial charge in [0.15, 0.2) is 0 Å². The number of aryl methyl sites for hydroxylation is 1. The highest BCUT2D eigenvalue weighted by molar-refractivity contribution is 5.98. The normalized spacial score (nSPS) is 11.9. The minimum atomic E-state index is -1.10. The van der Waals surface area contributed by atoms with Crippen LogP contribution in [0.2, 0.25) is 0 Å². The molecule has 150 valence electrons. The second-order valence-corrected chi connectivity index (χ2v) is 6.94. The van der Waals surface area contributed by atoms with E-state index in [1.807, 2.05) is 20.8 Å². The molecule has 0 aliphatic rings. The monoisotopic (exact) mass is 379 g/mol. The number of aromatic nitrogens is 1. The Balaban J connectivity index is 3.18. The van der Waals surface area contributed by atoms with Gasteiger partial charge >= 0.3 is 5.97 Å². The van der Waals surface area contributed by atoms with Crippen LogP contribution in [0.15, 0.2) is 10.9 Å². The number of hydrogen-bond acceptors (Lipinski definition) is 4. The number of nitrogens with one attached hydrogen (secondary N) is 2. The van der Waals surface area contributed by atoms with Crippen LogP contribution in [0.3, 0.4) is 0 Å². The first-order chi connectivity index (χ1) is 12.6. The fourth-order valence-corrected chi connectivity index (χ4v) is 2.87. The molecule has 0 aliphatic heterocycles. The Bertz CT molecular complexity index is 767. The maximum atomic E-state index is 12.7. The molecule has 1 rings (SSSR count). The Morgan fingerprint density at radius 3 is 2.33 bits per heavy atom. The zero-order valence-corrected chi connectivity index (χ0v) is 16.6. The lowest BCUT2D eigenvalue weighted by atomic mass is 10.0. The van der Waals surface area contributed by atoms with Crippen LogP contribution in [0.5, 0.6) is 0 Å². The highest BCUT2D eigenvalue weighted by atomic mass is 16.4. The highest BCUT2D eigenvalue weighted by Gasteiger charge is 2.24. The molecule has 2 amide bonds. The van der Waals surface area contributed by atoms with Gasteiger partial charge in [0.1, 0.15) is 12.6 Å². The van der Waals surface area contributed by atoms with E-state index in [1.165, 1.54) is 10.6 Å². The van der Waals surface area contributed by atoms with Gasteiger partial charge in [0.05, 0.1) is 5.56 Å². The second-order valence-electron chi connectivity index (χ2n) is 6.94. The predicted octanol–water partition coefficient (Wildman–Crippen LogP) is 1.36. The molecule has 0 bridgehead atoms. The van der Waals surface area contributed by atoms with Crippen LogP contribution >= 0.6 is 0 Å². The molecule has 0 fully saturated rings. The number of carboxylic acids is 1. The van der Waals surface area contributed by atoms with Crippen LogP contribution in [-0.4, -0.2) is 39.5 Å². The van der Waals surface area contributed by atoms with E-state index in [-0.39, 0.29) is 29.6 Å². The molecule has 0 saturated carbocycles. The Labute approximate surface area is 159 Å². The maximum Gasteiger partial charge on any atom is 0.326 e. The number of carboxylic acid groups (broad SMARTS) is 1. The molecule has 1 heterocycles. The van der Waals surface area contributed by atoms with Gasteiger partial charge < -0.3 is 20.3 Å². The van der Waals surface area contributed by atoms with Crippen molar-refractivity contribution in [1.82, 2.24) is 15.2 Å². The highest BCUT2D eigenvalue weighted by Crippen LogP contribution is 2.13. The molecule has 0 aliphatic carbocycles. The summed E-state index contributed by atoms with van der Waals surface area (Å²) in [4.78, 5) is 48.4. The zero-order valence-electron chi connectivity index (χ0n) is 16.6. The predicted molar refractivity (Wildman–Crippen MR) is 102 cm³/mol. The topological polar surface area (TPSA) is 118 Å². The maximum absolute atomic E-state index is 12.7. The van der Waals surface area contributed by atoms with Gasteiger partial charge in [-0.2, -0.15) is 0 Å². The Morgan fingerprint density at radius 1 is 1.19 bits per heavy atom. The second kappa shape index (κ2) is 9.89. The lowest BCUT2D eigenvalue weighted by molar-refractivity contribution is -0.139. The summed E-state index contributed by atoms with van der Waals surface area (Å²) in [5.41, 5.74) is 0.599. The Morgan fingerprint density at radius 2 is 1.81 bits per heavy atom. The summed E-state index contributed by atoms with van der Waals surface area (Å²) in [5.74, 6) is -2.00. The van der Waals surface area contributed by atoms with Gasteiger partial charge in [0, 0.05) is 17.8 Å². The number of carbonyl (C=O) groups excluding carboxylic acids is 2. The van der Waals surface area contributed by atoms with E-state index < -0.39 is 17.9 Å². The van der Waals surface area contributed by atoms with E-state index in [2.05, 4.69) is 10.6 Å². The molecule has 0 saturated heterocycles. The van der Waals surface area contributed by atoms with E-state index >= 15 is 0 Å². The zero-order chi connectivity index (χ0) is 20.7. The van der Waals surface area contributed by atoms with E-state index in [0.29, 0.717) is 24.1 Å². The SMILES string of the molecule is CCCCC(NC(=O)c1c(C)cc(=O)n(CC(=O)NC(C)C)c1C)C(=O)O. The summed E-state index contributed by atoms with van der Waals surface area (Å²) < 4.78 is 1.22. The first kappa shape index (κ1) is 22.4. The van der Waals surface area contributed by atoms with Crippen molar-refractivity contribution in [2.24, 2.45) is 0 Å². The number of amides is 2. The quantitative estimate of drug-likeness (QED) is 0.599. The van der Waals surface area contributed by atoms with Crippen LogP contribution < -0.4 is 16.2 Å². The summed E-state index contributed by atoms with van der Waals surface area (Å²) in [6.45, 7) is 8.54. The van der Waals surface area contributed by atoms with Crippen molar-refractivity contribution in [1.29, 1.82) is 0 Å². The summed E-state index contributed by atoms with van der Waals surface area (Å²) in [7, 11) is 0. The number of carbonyl (C=O) groups is 3. The third-order valence-corrected chi connectivity index (χ3v) is 4.20. The molecule has 3 N–H and O–H groups in total. The largest absolute Gasteiger partial charge is 0.480 e. The lowest BCUT2D eigenvalue weighted by Gasteiger charge is -2.19. The molecule has 0 spiro atoms. The summed E-state index contributed by atoms with van der Waals surface area (Å²) in [6, 6.07) is 0.212. The number of pyridine rings is 1. The number of unbranched alkanes of at least 4 members (excludes halogenated alkanes) is 1. The molecule has 1 atom stereocenters. The fourth-order valence-electron chi connectivity index (χ4n) is 2.87. The smallest absolute Gasteiger partial charge is 0.326 e. The molecule has 1 aromatic heterocycles. The first-order valence-corrected chi connectivity index (χ1v) is 9.12. The summed E-state index contributed by atoms with van der Waals surface area (Å²) in [5, 5.41) is 14.5. The third kappa shape index (κ3) is 6.23. The van der Waals surface area contributed by atoms with Crippen LogP contribution in [0.4, 0.5) is 0 Å². The minimum Gasteiger partial charge on any atom is -0.480 e. The van der Waals surface area contributed by atoms with Crippen LogP contribution in [0, 0.1) is 13.8 Å². The summed E-state index contributed by atoms with van der Waals surface area (Å²) >= 11 is 0. The van der Waals surface area contributed by atoms with Crippen molar-refractivity contribution in [3.8, 4) is 0 Å². The average molecular weight is 379 g/mol. The number of aliphatic carboxylic acids is 1. The number of hydrogen-bond donors (Lipinski definition) is 3. The molecule has 1 unspecified atom stereocenters. The van der Waals surface area contributed by atoms with Gasteiger partial charge in [-0.3, -0.25) is 14.4 Å². The average Bonchev–Trinajstić information content (AvgIpc) is 2.54. The van der Waals surface area contributed by atoms with E-state index in [9.17, 15) is 24.3 Å². The molecule has 8 nitrogen and oxygen atoms in total. The van der Waals surface area contributed by atoms with Gasteiger partial charge in [-0.25, -0.2) is 4.79 Å². The number of rotatable bonds is 9. The molecule has 27 heavy (non-hydrogen) atoms. The Kier molecular flexibility index (Phi) is 8.21. The minimum absolute atomic E-state index is 0.0726. The van der Waals surface area contributed by atoms with Crippen molar-refractivity contribution in [2.75, 3.05) is 0 Å². The van der Waals surface area contributed by atoms with E-state index in [4.69, 9.17) is 0 Å². The van der Waals surface area contributed by atoms with Crippen molar-refractivity contribution in [2.45, 2.75) is 72.5 Å². The van der Waals surface area contributed by atoms with E-state index in [1.54, 1.807) is 13.8 Å². The first-order valence-electron chi connectivity index (χ1n) is 9.12. The van der Waals surface area contributed by atoms with Gasteiger partial charge in [-0.05, 0) is 39.7 Å². The summed E-state index contributed by atoms with van der Waals surface area (Å²) in [6.07, 6.45) is 1.81. The van der Waals surface area contributed by atoms with Crippen molar-refractivity contribution < 1.29 is 19.5 Å². The van der Waals surface area contributed by atoms with Gasteiger partial charge in [-0.1, -0.05) is 19.8 Å². The molecule has 0 radical (unpaired) electrons. The van der Waals surface area contributed by atoms with Crippen LogP contribution in [-0.2, 0) is 16.1 Å². The van der Waals surface area contributed by atoms with Gasteiger partial charge in [0.25, 0.3) is 11.5 Å². The third-order valence-electron chi connectivity index (χ3n) is 4.20. The standard InChI is InChI=1S/C19H29N3O5/c1-6-7-8-14(19(26)27)21-18(25)17-12(4)9-16(24)22(13(17)5)10-15(23)20-11(2)3/h9,11,14H,6-8,10H2,1-5H3,(H,20,23)(H,21,25)(H,26,27). The fraction of sp³-hybridized carbons (Fsp3) is 0.579. The molecule has 1 aromatic rings. The van der Waals surface area contributed by atoms with Gasteiger partial charge in [0.2, 0.25) is 5.91 Å². The van der Waals surface area contributed by atoms with Crippen molar-refractivity contribution in [3.63, 3.8) is 0 Å². The van der Waals surface area contributed by atoms with Crippen molar-refractivity contribution in [3.05, 3.63) is 33.2 Å².